The molecular formula is C25H20FN5OS3. The van der Waals surface area contributed by atoms with Gasteiger partial charge in [0.1, 0.15) is 5.82 Å². The normalized spacial score (nSPS) is 11.1. The molecule has 0 saturated carbocycles. The zero-order valence-corrected chi connectivity index (χ0v) is 21.1. The van der Waals surface area contributed by atoms with Gasteiger partial charge in [0, 0.05) is 24.1 Å². The van der Waals surface area contributed by atoms with Crippen LogP contribution in [0.5, 0.6) is 0 Å². The first-order valence-electron chi connectivity index (χ1n) is 10.7. The van der Waals surface area contributed by atoms with Crippen molar-refractivity contribution in [1.82, 2.24) is 19.7 Å². The maximum Gasteiger partial charge on any atom is 0.234 e. The van der Waals surface area contributed by atoms with E-state index in [1.165, 1.54) is 40.9 Å². The number of thiazole rings is 1. The van der Waals surface area contributed by atoms with Crippen molar-refractivity contribution in [2.75, 3.05) is 11.1 Å². The summed E-state index contributed by atoms with van der Waals surface area (Å²) in [4.78, 5) is 17.2. The summed E-state index contributed by atoms with van der Waals surface area (Å²) in [5.74, 6) is 1.15. The standard InChI is InChI=1S/C25H20FN5OS3/c1-31-23(16-7-3-2-4-8-16)29-30-24(31)33-15-22(32)27-18-11-12-20-21(13-18)35-25(28-20)34-14-17-9-5-6-10-19(17)26/h2-13H,14-15H2,1H3,(H,27,32). The van der Waals surface area contributed by atoms with E-state index in [2.05, 4.69) is 20.5 Å². The van der Waals surface area contributed by atoms with Gasteiger partial charge in [-0.1, -0.05) is 72.1 Å². The Hall–Kier alpha value is -3.21. The van der Waals surface area contributed by atoms with Crippen molar-refractivity contribution in [3.05, 3.63) is 84.2 Å². The molecule has 0 spiro atoms. The lowest BCUT2D eigenvalue weighted by Gasteiger charge is -2.06. The third-order valence-electron chi connectivity index (χ3n) is 5.16. The largest absolute Gasteiger partial charge is 0.325 e. The van der Waals surface area contributed by atoms with Gasteiger partial charge in [-0.15, -0.1) is 21.5 Å². The first kappa shape index (κ1) is 23.5. The van der Waals surface area contributed by atoms with Crippen LogP contribution in [-0.4, -0.2) is 31.4 Å². The number of nitrogens with one attached hydrogen (secondary N) is 1. The quantitative estimate of drug-likeness (QED) is 0.243. The fourth-order valence-electron chi connectivity index (χ4n) is 3.40. The Kier molecular flexibility index (Phi) is 7.12. The average molecular weight is 522 g/mol. The van der Waals surface area contributed by atoms with E-state index in [0.717, 1.165) is 25.9 Å². The van der Waals surface area contributed by atoms with Gasteiger partial charge in [0.05, 0.1) is 16.0 Å². The molecule has 0 radical (unpaired) electrons. The van der Waals surface area contributed by atoms with Crippen LogP contribution in [0.4, 0.5) is 10.1 Å². The van der Waals surface area contributed by atoms with Crippen LogP contribution in [0.15, 0.2) is 82.3 Å². The van der Waals surface area contributed by atoms with Crippen molar-refractivity contribution in [2.45, 2.75) is 15.2 Å². The van der Waals surface area contributed by atoms with Gasteiger partial charge in [-0.3, -0.25) is 4.79 Å². The molecule has 0 aliphatic rings. The number of fused-ring (bicyclic) bond motifs is 1. The number of hydrogen-bond donors (Lipinski definition) is 1. The zero-order chi connectivity index (χ0) is 24.2. The number of carbonyl (C=O) groups excluding carboxylic acids is 1. The predicted molar refractivity (Wildman–Crippen MR) is 141 cm³/mol. The summed E-state index contributed by atoms with van der Waals surface area (Å²) >= 11 is 4.37. The summed E-state index contributed by atoms with van der Waals surface area (Å²) in [6, 6.07) is 22.2. The number of rotatable bonds is 8. The van der Waals surface area contributed by atoms with Gasteiger partial charge in [0.15, 0.2) is 15.3 Å². The number of thioether (sulfide) groups is 2. The van der Waals surface area contributed by atoms with Crippen molar-refractivity contribution in [3.63, 3.8) is 0 Å². The van der Waals surface area contributed by atoms with Gasteiger partial charge in [-0.25, -0.2) is 9.37 Å². The minimum absolute atomic E-state index is 0.128. The van der Waals surface area contributed by atoms with Crippen LogP contribution in [0.1, 0.15) is 5.56 Å². The molecule has 2 aromatic heterocycles. The second-order valence-corrected chi connectivity index (χ2v) is 10.8. The molecule has 0 aliphatic carbocycles. The maximum absolute atomic E-state index is 13.9. The molecule has 3 aromatic carbocycles. The summed E-state index contributed by atoms with van der Waals surface area (Å²) < 4.78 is 17.6. The fourth-order valence-corrected chi connectivity index (χ4v) is 6.21. The molecule has 1 amide bonds. The third kappa shape index (κ3) is 5.55. The Morgan fingerprint density at radius 2 is 1.83 bits per heavy atom. The van der Waals surface area contributed by atoms with E-state index >= 15 is 0 Å². The minimum atomic E-state index is -0.207. The van der Waals surface area contributed by atoms with Crippen molar-refractivity contribution < 1.29 is 9.18 Å². The summed E-state index contributed by atoms with van der Waals surface area (Å²) in [5.41, 5.74) is 3.19. The SMILES string of the molecule is Cn1c(SCC(=O)Nc2ccc3nc(SCc4ccccc4F)sc3c2)nnc1-c1ccccc1. The fraction of sp³-hybridized carbons (Fsp3) is 0.120. The highest BCUT2D eigenvalue weighted by Gasteiger charge is 2.14. The molecule has 5 aromatic rings. The maximum atomic E-state index is 13.9. The number of aromatic nitrogens is 4. The molecule has 5 rings (SSSR count). The van der Waals surface area contributed by atoms with E-state index in [1.54, 1.807) is 12.1 Å². The van der Waals surface area contributed by atoms with Crippen molar-refractivity contribution in [2.24, 2.45) is 7.05 Å². The van der Waals surface area contributed by atoms with Crippen molar-refractivity contribution in [1.29, 1.82) is 0 Å². The second kappa shape index (κ2) is 10.6. The van der Waals surface area contributed by atoms with Gasteiger partial charge in [0.25, 0.3) is 0 Å². The van der Waals surface area contributed by atoms with Crippen LogP contribution in [0.25, 0.3) is 21.6 Å². The van der Waals surface area contributed by atoms with Crippen LogP contribution < -0.4 is 5.32 Å². The van der Waals surface area contributed by atoms with Gasteiger partial charge in [0.2, 0.25) is 5.91 Å². The summed E-state index contributed by atoms with van der Waals surface area (Å²) in [5, 5.41) is 12.1. The van der Waals surface area contributed by atoms with E-state index < -0.39 is 0 Å². The molecule has 1 N–H and O–H groups in total. The first-order chi connectivity index (χ1) is 17.1. The van der Waals surface area contributed by atoms with Crippen molar-refractivity contribution in [3.8, 4) is 11.4 Å². The van der Waals surface area contributed by atoms with Gasteiger partial charge in [-0.05, 0) is 29.8 Å². The lowest BCUT2D eigenvalue weighted by Crippen LogP contribution is -2.14. The molecule has 6 nitrogen and oxygen atoms in total. The number of nitrogens with zero attached hydrogens (tertiary/aromatic N) is 4. The van der Waals surface area contributed by atoms with E-state index in [-0.39, 0.29) is 17.5 Å². The highest BCUT2D eigenvalue weighted by atomic mass is 32.2. The predicted octanol–water partition coefficient (Wildman–Crippen LogP) is 6.25. The summed E-state index contributed by atoms with van der Waals surface area (Å²) in [6.07, 6.45) is 0. The number of anilines is 1. The number of halogens is 1. The van der Waals surface area contributed by atoms with Gasteiger partial charge < -0.3 is 9.88 Å². The highest BCUT2D eigenvalue weighted by molar-refractivity contribution is 8.00. The minimum Gasteiger partial charge on any atom is -0.325 e. The molecule has 0 saturated heterocycles. The molecule has 0 bridgehead atoms. The van der Waals surface area contributed by atoms with Gasteiger partial charge >= 0.3 is 0 Å². The molecule has 2 heterocycles. The summed E-state index contributed by atoms with van der Waals surface area (Å²) in [6.45, 7) is 0. The lowest BCUT2D eigenvalue weighted by atomic mass is 10.2. The Morgan fingerprint density at radius 3 is 2.66 bits per heavy atom. The lowest BCUT2D eigenvalue weighted by molar-refractivity contribution is -0.113. The summed E-state index contributed by atoms with van der Waals surface area (Å²) in [7, 11) is 1.89. The zero-order valence-electron chi connectivity index (χ0n) is 18.6. The molecule has 0 fully saturated rings. The van der Waals surface area contributed by atoms with E-state index in [1.807, 2.05) is 66.2 Å². The number of benzene rings is 3. The van der Waals surface area contributed by atoms with E-state index in [0.29, 0.717) is 22.2 Å². The topological polar surface area (TPSA) is 72.7 Å². The Labute approximate surface area is 214 Å². The molecule has 176 valence electrons. The smallest absolute Gasteiger partial charge is 0.234 e. The molecular weight excluding hydrogens is 502 g/mol. The monoisotopic (exact) mass is 521 g/mol. The molecule has 0 aliphatic heterocycles. The Balaban J connectivity index is 1.19. The van der Waals surface area contributed by atoms with E-state index in [4.69, 9.17) is 0 Å². The van der Waals surface area contributed by atoms with E-state index in [9.17, 15) is 9.18 Å². The molecule has 35 heavy (non-hydrogen) atoms. The number of carbonyl (C=O) groups is 1. The number of amides is 1. The average Bonchev–Trinajstić information content (AvgIpc) is 3.45. The first-order valence-corrected chi connectivity index (χ1v) is 13.5. The van der Waals surface area contributed by atoms with Crippen LogP contribution in [0.2, 0.25) is 0 Å². The third-order valence-corrected chi connectivity index (χ3v) is 8.39. The highest BCUT2D eigenvalue weighted by Crippen LogP contribution is 2.33. The van der Waals surface area contributed by atoms with Crippen molar-refractivity contribution >= 4 is 56.7 Å². The van der Waals surface area contributed by atoms with Crippen LogP contribution >= 0.6 is 34.9 Å². The Morgan fingerprint density at radius 1 is 1.03 bits per heavy atom. The number of hydrogen-bond acceptors (Lipinski definition) is 7. The molecule has 10 heteroatoms. The second-order valence-electron chi connectivity index (χ2n) is 7.61. The van der Waals surface area contributed by atoms with Crippen LogP contribution in [-0.2, 0) is 17.6 Å². The molecule has 0 atom stereocenters. The Bertz CT molecular complexity index is 1490. The molecule has 0 unspecified atom stereocenters. The van der Waals surface area contributed by atoms with Crippen LogP contribution in [0, 0.1) is 5.82 Å². The van der Waals surface area contributed by atoms with Crippen LogP contribution in [0.3, 0.4) is 0 Å². The van der Waals surface area contributed by atoms with Gasteiger partial charge in [-0.2, -0.15) is 0 Å².